The maximum absolute atomic E-state index is 12.9. The van der Waals surface area contributed by atoms with E-state index in [0.717, 1.165) is 11.3 Å². The van der Waals surface area contributed by atoms with Gasteiger partial charge in [0.05, 0.1) is 13.7 Å². The van der Waals surface area contributed by atoms with Crippen LogP contribution < -0.4 is 14.8 Å². The number of amides is 2. The number of likely N-dealkylation sites (N-methyl/N-ethyl adjacent to an activating group) is 1. The van der Waals surface area contributed by atoms with Crippen LogP contribution in [0.15, 0.2) is 48.5 Å². The van der Waals surface area contributed by atoms with Gasteiger partial charge in [-0.15, -0.1) is 0 Å². The summed E-state index contributed by atoms with van der Waals surface area (Å²) in [5, 5.41) is 3.43. The lowest BCUT2D eigenvalue weighted by atomic mass is 10.1. The summed E-state index contributed by atoms with van der Waals surface area (Å²) in [6.07, 6.45) is 0.830. The van der Waals surface area contributed by atoms with Gasteiger partial charge in [0, 0.05) is 24.5 Å². The quantitative estimate of drug-likeness (QED) is 0.544. The summed E-state index contributed by atoms with van der Waals surface area (Å²) in [7, 11) is 1.61. The smallest absolute Gasteiger partial charge is 0.242 e. The molecule has 0 fully saturated rings. The maximum atomic E-state index is 12.9. The second kappa shape index (κ2) is 12.1. The fraction of sp³-hybridized carbons (Fsp3) is 0.391. The first-order valence-electron chi connectivity index (χ1n) is 10.0. The van der Waals surface area contributed by atoms with Crippen molar-refractivity contribution in [3.05, 3.63) is 59.1 Å². The van der Waals surface area contributed by atoms with Gasteiger partial charge in [0.1, 0.15) is 17.5 Å². The number of benzene rings is 2. The van der Waals surface area contributed by atoms with Crippen LogP contribution in [0, 0.1) is 0 Å². The summed E-state index contributed by atoms with van der Waals surface area (Å²) in [5.74, 6) is 1.19. The molecule has 2 rings (SSSR count). The predicted octanol–water partition coefficient (Wildman–Crippen LogP) is 4.06. The molecule has 0 bridgehead atoms. The first kappa shape index (κ1) is 23.5. The van der Waals surface area contributed by atoms with Gasteiger partial charge in [-0.2, -0.15) is 0 Å². The first-order chi connectivity index (χ1) is 14.4. The van der Waals surface area contributed by atoms with Crippen LogP contribution in [-0.4, -0.2) is 43.0 Å². The molecule has 162 valence electrons. The molecule has 2 aromatic carbocycles. The molecule has 6 nitrogen and oxygen atoms in total. The van der Waals surface area contributed by atoms with E-state index in [4.69, 9.17) is 21.1 Å². The second-order valence-corrected chi connectivity index (χ2v) is 7.28. The number of rotatable bonds is 11. The normalized spacial score (nSPS) is 11.5. The summed E-state index contributed by atoms with van der Waals surface area (Å²) >= 11 is 5.87. The van der Waals surface area contributed by atoms with E-state index in [1.807, 2.05) is 31.2 Å². The maximum Gasteiger partial charge on any atom is 0.242 e. The third kappa shape index (κ3) is 7.26. The molecule has 1 atom stereocenters. The van der Waals surface area contributed by atoms with Crippen molar-refractivity contribution in [2.45, 2.75) is 39.3 Å². The number of halogens is 1. The molecular formula is C23H29ClN2O4. The molecule has 0 saturated carbocycles. The minimum absolute atomic E-state index is 0.0933. The Hall–Kier alpha value is -2.73. The van der Waals surface area contributed by atoms with Crippen molar-refractivity contribution in [1.29, 1.82) is 0 Å². The summed E-state index contributed by atoms with van der Waals surface area (Å²) in [6.45, 7) is 4.87. The van der Waals surface area contributed by atoms with E-state index in [0.29, 0.717) is 36.9 Å². The van der Waals surface area contributed by atoms with Crippen molar-refractivity contribution in [1.82, 2.24) is 10.2 Å². The Morgan fingerprint density at radius 1 is 1.07 bits per heavy atom. The van der Waals surface area contributed by atoms with Crippen LogP contribution in [0.4, 0.5) is 0 Å². The van der Waals surface area contributed by atoms with Gasteiger partial charge in [0.15, 0.2) is 0 Å². The van der Waals surface area contributed by atoms with Crippen molar-refractivity contribution in [2.75, 3.05) is 20.3 Å². The summed E-state index contributed by atoms with van der Waals surface area (Å²) < 4.78 is 10.8. The Morgan fingerprint density at radius 2 is 1.70 bits per heavy atom. The van der Waals surface area contributed by atoms with E-state index < -0.39 is 6.04 Å². The molecule has 2 aromatic rings. The van der Waals surface area contributed by atoms with Crippen LogP contribution in [0.5, 0.6) is 11.5 Å². The van der Waals surface area contributed by atoms with E-state index in [1.165, 1.54) is 0 Å². The average molecular weight is 433 g/mol. The molecule has 7 heteroatoms. The van der Waals surface area contributed by atoms with Crippen molar-refractivity contribution in [3.63, 3.8) is 0 Å². The number of nitrogens with one attached hydrogen (secondary N) is 1. The van der Waals surface area contributed by atoms with E-state index in [1.54, 1.807) is 43.2 Å². The molecule has 0 spiro atoms. The third-order valence-corrected chi connectivity index (χ3v) is 4.90. The molecule has 1 N–H and O–H groups in total. The summed E-state index contributed by atoms with van der Waals surface area (Å²) in [5.41, 5.74) is 0.928. The molecule has 2 amide bonds. The molecule has 0 saturated heterocycles. The molecule has 0 aliphatic carbocycles. The van der Waals surface area contributed by atoms with Crippen LogP contribution >= 0.6 is 11.6 Å². The summed E-state index contributed by atoms with van der Waals surface area (Å²) in [4.78, 5) is 26.9. The topological polar surface area (TPSA) is 67.9 Å². The average Bonchev–Trinajstić information content (AvgIpc) is 2.76. The second-order valence-electron chi connectivity index (χ2n) is 6.85. The fourth-order valence-corrected chi connectivity index (χ4v) is 3.05. The van der Waals surface area contributed by atoms with Crippen LogP contribution in [0.25, 0.3) is 0 Å². The molecule has 0 aliphatic rings. The zero-order chi connectivity index (χ0) is 21.9. The Labute approximate surface area is 183 Å². The third-order valence-electron chi connectivity index (χ3n) is 4.65. The number of nitrogens with zero attached hydrogens (tertiary/aromatic N) is 1. The van der Waals surface area contributed by atoms with E-state index in [-0.39, 0.29) is 18.2 Å². The Bertz CT molecular complexity index is 809. The molecule has 0 heterocycles. The Balaban J connectivity index is 1.97. The van der Waals surface area contributed by atoms with Crippen LogP contribution in [-0.2, 0) is 16.1 Å². The zero-order valence-electron chi connectivity index (χ0n) is 17.7. The number of ether oxygens (including phenoxy) is 2. The van der Waals surface area contributed by atoms with E-state index in [2.05, 4.69) is 5.32 Å². The highest BCUT2D eigenvalue weighted by Gasteiger charge is 2.25. The highest BCUT2D eigenvalue weighted by Crippen LogP contribution is 2.17. The lowest BCUT2D eigenvalue weighted by Crippen LogP contribution is -2.47. The fourth-order valence-electron chi connectivity index (χ4n) is 2.92. The van der Waals surface area contributed by atoms with Crippen LogP contribution in [0.1, 0.15) is 32.3 Å². The van der Waals surface area contributed by atoms with Crippen LogP contribution in [0.2, 0.25) is 5.02 Å². The molecule has 1 unspecified atom stereocenters. The number of carbonyl (C=O) groups is 2. The van der Waals surface area contributed by atoms with Gasteiger partial charge in [-0.05, 0) is 62.2 Å². The van der Waals surface area contributed by atoms with Gasteiger partial charge in [0.2, 0.25) is 11.8 Å². The minimum Gasteiger partial charge on any atom is -0.497 e. The van der Waals surface area contributed by atoms with Crippen molar-refractivity contribution >= 4 is 23.4 Å². The Kier molecular flexibility index (Phi) is 9.48. The largest absolute Gasteiger partial charge is 0.497 e. The number of hydrogen-bond acceptors (Lipinski definition) is 4. The van der Waals surface area contributed by atoms with E-state index in [9.17, 15) is 9.59 Å². The zero-order valence-corrected chi connectivity index (χ0v) is 18.4. The number of carbonyl (C=O) groups excluding carboxylic acids is 2. The first-order valence-corrected chi connectivity index (χ1v) is 10.4. The van der Waals surface area contributed by atoms with Gasteiger partial charge < -0.3 is 19.7 Å². The van der Waals surface area contributed by atoms with Crippen molar-refractivity contribution in [3.8, 4) is 11.5 Å². The van der Waals surface area contributed by atoms with E-state index >= 15 is 0 Å². The lowest BCUT2D eigenvalue weighted by Gasteiger charge is -2.29. The summed E-state index contributed by atoms with van der Waals surface area (Å²) in [6, 6.07) is 14.0. The van der Waals surface area contributed by atoms with Crippen molar-refractivity contribution < 1.29 is 19.1 Å². The SMILES string of the molecule is CCNC(=O)C(C)N(Cc1ccc(OC)cc1)C(=O)CCCOc1ccc(Cl)cc1. The Morgan fingerprint density at radius 3 is 2.30 bits per heavy atom. The highest BCUT2D eigenvalue weighted by molar-refractivity contribution is 6.30. The van der Waals surface area contributed by atoms with Gasteiger partial charge in [-0.1, -0.05) is 23.7 Å². The van der Waals surface area contributed by atoms with Crippen molar-refractivity contribution in [2.24, 2.45) is 0 Å². The molecule has 30 heavy (non-hydrogen) atoms. The monoisotopic (exact) mass is 432 g/mol. The predicted molar refractivity (Wildman–Crippen MR) is 118 cm³/mol. The van der Waals surface area contributed by atoms with Gasteiger partial charge in [-0.25, -0.2) is 0 Å². The van der Waals surface area contributed by atoms with Gasteiger partial charge >= 0.3 is 0 Å². The minimum atomic E-state index is -0.572. The number of hydrogen-bond donors (Lipinski definition) is 1. The molecular weight excluding hydrogens is 404 g/mol. The molecule has 0 aromatic heterocycles. The number of methoxy groups -OCH3 is 1. The lowest BCUT2D eigenvalue weighted by molar-refractivity contribution is -0.140. The molecule has 0 radical (unpaired) electrons. The molecule has 0 aliphatic heterocycles. The van der Waals surface area contributed by atoms with Crippen LogP contribution in [0.3, 0.4) is 0 Å². The van der Waals surface area contributed by atoms with Gasteiger partial charge in [0.25, 0.3) is 0 Å². The van der Waals surface area contributed by atoms with Gasteiger partial charge in [-0.3, -0.25) is 9.59 Å². The standard InChI is InChI=1S/C23H29ClN2O4/c1-4-25-23(28)17(2)26(16-18-7-11-20(29-3)12-8-18)22(27)6-5-15-30-21-13-9-19(24)10-14-21/h7-14,17H,4-6,15-16H2,1-3H3,(H,25,28). The highest BCUT2D eigenvalue weighted by atomic mass is 35.5.